The highest BCUT2D eigenvalue weighted by Crippen LogP contribution is 2.46. The van der Waals surface area contributed by atoms with Gasteiger partial charge in [0.1, 0.15) is 5.75 Å². The summed E-state index contributed by atoms with van der Waals surface area (Å²) in [6, 6.07) is 13.5. The molecule has 8 heteroatoms. The number of H-pyrrole nitrogens is 1. The third-order valence-corrected chi connectivity index (χ3v) is 7.22. The predicted molar refractivity (Wildman–Crippen MR) is 138 cm³/mol. The van der Waals surface area contributed by atoms with Gasteiger partial charge in [0.2, 0.25) is 5.91 Å². The van der Waals surface area contributed by atoms with Crippen LogP contribution in [-0.4, -0.2) is 39.9 Å². The van der Waals surface area contributed by atoms with Crippen LogP contribution in [0.25, 0.3) is 21.8 Å². The molecule has 36 heavy (non-hydrogen) atoms. The zero-order chi connectivity index (χ0) is 25.3. The summed E-state index contributed by atoms with van der Waals surface area (Å²) in [5.74, 6) is -0.707. The molecule has 2 amide bonds. The summed E-state index contributed by atoms with van der Waals surface area (Å²) in [6.07, 6.45) is 2.04. The van der Waals surface area contributed by atoms with Crippen LogP contribution in [0.1, 0.15) is 43.9 Å². The number of aromatic nitrogens is 2. The van der Waals surface area contributed by atoms with Crippen LogP contribution < -0.4 is 15.6 Å². The number of aromatic amines is 1. The van der Waals surface area contributed by atoms with Gasteiger partial charge < -0.3 is 19.6 Å². The van der Waals surface area contributed by atoms with Gasteiger partial charge in [-0.3, -0.25) is 19.3 Å². The zero-order valence-corrected chi connectivity index (χ0v) is 20.5. The fraction of sp³-hybridized carbons (Fsp3) is 0.250. The number of pyridine rings is 1. The van der Waals surface area contributed by atoms with Crippen LogP contribution in [0.15, 0.2) is 64.7 Å². The largest absolute Gasteiger partial charge is 0.497 e. The molecule has 0 saturated heterocycles. The number of hydrogen-bond acceptors (Lipinski definition) is 5. The van der Waals surface area contributed by atoms with Crippen LogP contribution in [0.3, 0.4) is 0 Å². The number of hydrogen-bond donors (Lipinski definition) is 2. The minimum Gasteiger partial charge on any atom is -0.497 e. The maximum Gasteiger partial charge on any atom is 0.259 e. The van der Waals surface area contributed by atoms with Crippen molar-refractivity contribution in [2.45, 2.75) is 32.7 Å². The van der Waals surface area contributed by atoms with Gasteiger partial charge in [-0.1, -0.05) is 6.07 Å². The third-order valence-electron chi connectivity index (χ3n) is 7.22. The van der Waals surface area contributed by atoms with Gasteiger partial charge in [0, 0.05) is 53.5 Å². The van der Waals surface area contributed by atoms with E-state index in [0.29, 0.717) is 28.1 Å². The summed E-state index contributed by atoms with van der Waals surface area (Å²) in [5, 5.41) is 5.25. The predicted octanol–water partition coefficient (Wildman–Crippen LogP) is 4.27. The maximum absolute atomic E-state index is 13.7. The summed E-state index contributed by atoms with van der Waals surface area (Å²) < 4.78 is 7.47. The van der Waals surface area contributed by atoms with E-state index < -0.39 is 5.92 Å². The zero-order valence-electron chi connectivity index (χ0n) is 20.5. The molecular formula is C28H26N4O4. The number of nitrogens with one attached hydrogen (secondary N) is 2. The Bertz CT molecular complexity index is 1690. The van der Waals surface area contributed by atoms with Crippen molar-refractivity contribution in [1.29, 1.82) is 0 Å². The molecule has 8 nitrogen and oxygen atoms in total. The Balaban J connectivity index is 1.68. The van der Waals surface area contributed by atoms with E-state index in [1.54, 1.807) is 13.2 Å². The van der Waals surface area contributed by atoms with E-state index in [1.165, 1.54) is 11.8 Å². The van der Waals surface area contributed by atoms with Gasteiger partial charge in [-0.25, -0.2) is 0 Å². The molecule has 2 aromatic heterocycles. The number of fused-ring (bicyclic) bond motifs is 1. The molecule has 4 aromatic rings. The Hall–Kier alpha value is -4.33. The Morgan fingerprint density at radius 1 is 1.11 bits per heavy atom. The molecule has 1 atom stereocenters. The molecule has 0 saturated carbocycles. The number of imide groups is 1. The number of rotatable bonds is 3. The van der Waals surface area contributed by atoms with E-state index in [4.69, 9.17) is 4.74 Å². The number of carbonyl (C=O) groups excluding carboxylic acids is 2. The van der Waals surface area contributed by atoms with Gasteiger partial charge in [-0.05, 0) is 55.1 Å². The van der Waals surface area contributed by atoms with Crippen LogP contribution in [0.4, 0.5) is 5.69 Å². The molecule has 1 unspecified atom stereocenters. The Morgan fingerprint density at radius 3 is 2.64 bits per heavy atom. The topological polar surface area (TPSA) is 96.4 Å². The summed E-state index contributed by atoms with van der Waals surface area (Å²) in [4.78, 5) is 43.8. The normalized spacial score (nSPS) is 17.1. The number of anilines is 1. The van der Waals surface area contributed by atoms with Gasteiger partial charge in [-0.2, -0.15) is 0 Å². The van der Waals surface area contributed by atoms with E-state index in [9.17, 15) is 14.4 Å². The molecular weight excluding hydrogens is 456 g/mol. The SMILES string of the molecule is COc1ccc2cc(C3C4=C(CN(C(C)=O)C4=O)Nc4cccc5c4c3cn5C(C)C)c(=O)[nH]c2c1. The monoisotopic (exact) mass is 482 g/mol. The Labute approximate surface area is 207 Å². The molecule has 6 rings (SSSR count). The van der Waals surface area contributed by atoms with Crippen LogP contribution in [0.5, 0.6) is 5.75 Å². The molecule has 0 spiro atoms. The van der Waals surface area contributed by atoms with Crippen LogP contribution >= 0.6 is 0 Å². The first-order chi connectivity index (χ1) is 17.3. The van der Waals surface area contributed by atoms with E-state index in [1.807, 2.05) is 36.5 Å². The average molecular weight is 483 g/mol. The molecule has 2 aliphatic rings. The van der Waals surface area contributed by atoms with E-state index >= 15 is 0 Å². The lowest BCUT2D eigenvalue weighted by molar-refractivity contribution is -0.139. The maximum atomic E-state index is 13.7. The second kappa shape index (κ2) is 7.84. The molecule has 0 aliphatic carbocycles. The van der Waals surface area contributed by atoms with Gasteiger partial charge in [0.05, 0.1) is 30.3 Å². The number of carbonyl (C=O) groups is 2. The van der Waals surface area contributed by atoms with Gasteiger partial charge in [-0.15, -0.1) is 0 Å². The van der Waals surface area contributed by atoms with Crippen molar-refractivity contribution < 1.29 is 14.3 Å². The minimum atomic E-state index is -0.647. The molecule has 0 fully saturated rings. The highest BCUT2D eigenvalue weighted by molar-refractivity contribution is 6.11. The van der Waals surface area contributed by atoms with Gasteiger partial charge in [0.25, 0.3) is 11.5 Å². The number of amides is 2. The lowest BCUT2D eigenvalue weighted by Gasteiger charge is -2.19. The van der Waals surface area contributed by atoms with Gasteiger partial charge in [0.15, 0.2) is 0 Å². The quantitative estimate of drug-likeness (QED) is 0.455. The highest BCUT2D eigenvalue weighted by atomic mass is 16.5. The van der Waals surface area contributed by atoms with Gasteiger partial charge >= 0.3 is 0 Å². The fourth-order valence-electron chi connectivity index (χ4n) is 5.52. The molecule has 4 heterocycles. The standard InChI is InChI=1S/C28H26N4O4/c1-14(2)31-12-19-24(18-10-16-8-9-17(36-4)11-21(16)30-27(18)34)26-22(13-32(15(3)33)28(26)35)29-20-6-5-7-23(31)25(19)20/h5-12,14,24,29H,13H2,1-4H3,(H,30,34). The second-order valence-corrected chi connectivity index (χ2v) is 9.65. The number of benzene rings is 2. The second-order valence-electron chi connectivity index (χ2n) is 9.65. The number of methoxy groups -OCH3 is 1. The summed E-state index contributed by atoms with van der Waals surface area (Å²) >= 11 is 0. The Morgan fingerprint density at radius 2 is 1.92 bits per heavy atom. The lowest BCUT2D eigenvalue weighted by atomic mass is 9.84. The van der Waals surface area contributed by atoms with Crippen LogP contribution in [0, 0.1) is 0 Å². The first kappa shape index (κ1) is 22.2. The summed E-state index contributed by atoms with van der Waals surface area (Å²) in [5.41, 5.74) is 4.65. The first-order valence-corrected chi connectivity index (χ1v) is 12.0. The lowest BCUT2D eigenvalue weighted by Crippen LogP contribution is -2.33. The fourth-order valence-corrected chi connectivity index (χ4v) is 5.52. The van der Waals surface area contributed by atoms with Crippen molar-refractivity contribution in [3.8, 4) is 5.75 Å². The van der Waals surface area contributed by atoms with Crippen LogP contribution in [-0.2, 0) is 9.59 Å². The van der Waals surface area contributed by atoms with Crippen LogP contribution in [0.2, 0.25) is 0 Å². The minimum absolute atomic E-state index is 0.146. The van der Waals surface area contributed by atoms with E-state index in [-0.39, 0.29) is 30.0 Å². The molecule has 0 radical (unpaired) electrons. The van der Waals surface area contributed by atoms with Crippen molar-refractivity contribution in [2.75, 3.05) is 19.0 Å². The highest BCUT2D eigenvalue weighted by Gasteiger charge is 2.42. The van der Waals surface area contributed by atoms with Crippen molar-refractivity contribution in [1.82, 2.24) is 14.5 Å². The average Bonchev–Trinajstić information content (AvgIpc) is 3.34. The summed E-state index contributed by atoms with van der Waals surface area (Å²) in [6.45, 7) is 5.73. The van der Waals surface area contributed by atoms with Crippen molar-refractivity contribution in [3.63, 3.8) is 0 Å². The third kappa shape index (κ3) is 3.10. The molecule has 2 aromatic carbocycles. The van der Waals surface area contributed by atoms with Crippen molar-refractivity contribution in [2.24, 2.45) is 0 Å². The molecule has 0 bridgehead atoms. The number of ether oxygens (including phenoxy) is 1. The molecule has 2 aliphatic heterocycles. The van der Waals surface area contributed by atoms with Crippen molar-refractivity contribution in [3.05, 3.63) is 81.4 Å². The van der Waals surface area contributed by atoms with Crippen molar-refractivity contribution >= 4 is 39.3 Å². The molecule has 182 valence electrons. The summed E-state index contributed by atoms with van der Waals surface area (Å²) in [7, 11) is 1.58. The smallest absolute Gasteiger partial charge is 0.259 e. The number of nitrogens with zero attached hydrogens (tertiary/aromatic N) is 2. The van der Waals surface area contributed by atoms with E-state index in [0.717, 1.165) is 27.5 Å². The Kier molecular flexibility index (Phi) is 4.83. The molecule has 2 N–H and O–H groups in total. The first-order valence-electron chi connectivity index (χ1n) is 12.0. The van der Waals surface area contributed by atoms with E-state index in [2.05, 4.69) is 34.8 Å².